The number of rotatable bonds is 73. The summed E-state index contributed by atoms with van der Waals surface area (Å²) in [5, 5.41) is 0. The van der Waals surface area contributed by atoms with Crippen molar-refractivity contribution in [2.45, 2.75) is 418 Å². The Balaban J connectivity index is 3.73. The first-order valence-electron chi connectivity index (χ1n) is 37.8. The first-order valence-corrected chi connectivity index (χ1v) is 39.3. The molecule has 2 atom stereocenters. The molecule has 0 saturated heterocycles. The van der Waals surface area contributed by atoms with Crippen LogP contribution in [0.15, 0.2) is 24.3 Å². The van der Waals surface area contributed by atoms with Gasteiger partial charge in [0, 0.05) is 19.4 Å². The number of hydrogen-bond donors (Lipinski definition) is 2. The van der Waals surface area contributed by atoms with Gasteiger partial charge in [-0.3, -0.25) is 18.6 Å². The number of phosphoric acid groups is 1. The second kappa shape index (κ2) is 71.6. The molecule has 0 bridgehead atoms. The van der Waals surface area contributed by atoms with E-state index in [1.54, 1.807) is 0 Å². The number of carbonyl (C=O) groups is 2. The van der Waals surface area contributed by atoms with E-state index in [2.05, 4.69) is 38.2 Å². The molecule has 0 aliphatic rings. The van der Waals surface area contributed by atoms with Gasteiger partial charge in [-0.1, -0.05) is 378 Å². The predicted octanol–water partition coefficient (Wildman–Crippen LogP) is 24.9. The number of ether oxygens (including phenoxy) is 2. The van der Waals surface area contributed by atoms with E-state index in [1.165, 1.54) is 334 Å². The fourth-order valence-corrected chi connectivity index (χ4v) is 12.5. The molecule has 0 fully saturated rings. The van der Waals surface area contributed by atoms with Crippen LogP contribution in [0.1, 0.15) is 412 Å². The molecule has 9 nitrogen and oxygen atoms in total. The van der Waals surface area contributed by atoms with E-state index < -0.39 is 26.5 Å². The summed E-state index contributed by atoms with van der Waals surface area (Å²) in [6.45, 7) is 3.82. The van der Waals surface area contributed by atoms with Gasteiger partial charge in [-0.25, -0.2) is 4.57 Å². The highest BCUT2D eigenvalue weighted by Gasteiger charge is 2.26. The van der Waals surface area contributed by atoms with Gasteiger partial charge < -0.3 is 20.1 Å². The molecular formula is C75H146NO8P. The second-order valence-electron chi connectivity index (χ2n) is 25.9. The molecule has 2 unspecified atom stereocenters. The molecule has 0 aromatic rings. The van der Waals surface area contributed by atoms with E-state index in [-0.39, 0.29) is 38.6 Å². The van der Waals surface area contributed by atoms with Gasteiger partial charge in [-0.05, 0) is 44.9 Å². The lowest BCUT2D eigenvalue weighted by molar-refractivity contribution is -0.161. The van der Waals surface area contributed by atoms with Crippen molar-refractivity contribution in [2.75, 3.05) is 26.4 Å². The Morgan fingerprint density at radius 1 is 0.353 bits per heavy atom. The lowest BCUT2D eigenvalue weighted by Crippen LogP contribution is -2.29. The lowest BCUT2D eigenvalue weighted by atomic mass is 10.0. The van der Waals surface area contributed by atoms with Crippen LogP contribution >= 0.6 is 7.82 Å². The van der Waals surface area contributed by atoms with Gasteiger partial charge in [0.15, 0.2) is 6.10 Å². The van der Waals surface area contributed by atoms with Crippen molar-refractivity contribution in [1.82, 2.24) is 0 Å². The standard InChI is InChI=1S/C75H146NO8P/c1-3-5-7-9-11-13-15-17-19-21-23-25-27-29-30-31-32-33-34-35-36-37-38-39-40-41-42-44-45-47-49-51-53-55-57-59-61-63-65-67-74(77)81-71-73(72-83-85(79,80)82-70-69-76)84-75(78)68-66-64-62-60-58-56-54-52-50-48-46-43-28-26-24-22-20-18-16-14-12-10-8-6-4-2/h16,18,22,24,73H,3-15,17,19-21,23,25-72,76H2,1-2H3,(H,79,80)/b18-16-,24-22-. The molecule has 0 amide bonds. The number of carbonyl (C=O) groups excluding carboxylic acids is 2. The third-order valence-electron chi connectivity index (χ3n) is 17.3. The van der Waals surface area contributed by atoms with Gasteiger partial charge in [-0.15, -0.1) is 0 Å². The van der Waals surface area contributed by atoms with Gasteiger partial charge in [0.1, 0.15) is 6.61 Å². The van der Waals surface area contributed by atoms with Crippen molar-refractivity contribution in [1.29, 1.82) is 0 Å². The molecule has 0 aromatic carbocycles. The SMILES string of the molecule is CCCCCCC/C=C\C/C=C\CCCCCCCCCCCCCCCC(=O)OC(COC(=O)CCCCCCCCCCCCCCCCCCCCCCCCCCCCCCCCCCCCCCCCC)COP(=O)(O)OCCN. The normalized spacial score (nSPS) is 12.9. The summed E-state index contributed by atoms with van der Waals surface area (Å²) >= 11 is 0. The molecule has 85 heavy (non-hydrogen) atoms. The van der Waals surface area contributed by atoms with E-state index in [1.807, 2.05) is 0 Å². The zero-order valence-electron chi connectivity index (χ0n) is 56.9. The van der Waals surface area contributed by atoms with Crippen LogP contribution in [0.25, 0.3) is 0 Å². The Hall–Kier alpha value is -1.51. The number of unbranched alkanes of at least 4 members (excludes halogenated alkanes) is 56. The molecule has 0 radical (unpaired) electrons. The van der Waals surface area contributed by atoms with Crippen molar-refractivity contribution in [2.24, 2.45) is 5.73 Å². The summed E-state index contributed by atoms with van der Waals surface area (Å²) in [5.74, 6) is -0.805. The number of allylic oxidation sites excluding steroid dienone is 4. The van der Waals surface area contributed by atoms with Crippen molar-refractivity contribution >= 4 is 19.8 Å². The monoisotopic (exact) mass is 1220 g/mol. The molecule has 0 spiro atoms. The molecule has 0 aliphatic carbocycles. The van der Waals surface area contributed by atoms with Gasteiger partial charge in [0.05, 0.1) is 13.2 Å². The second-order valence-corrected chi connectivity index (χ2v) is 27.3. The Kier molecular flexibility index (Phi) is 70.3. The molecule has 10 heteroatoms. The smallest absolute Gasteiger partial charge is 0.462 e. The van der Waals surface area contributed by atoms with Crippen LogP contribution in [0.3, 0.4) is 0 Å². The molecular weight excluding hydrogens is 1070 g/mol. The molecule has 504 valence electrons. The van der Waals surface area contributed by atoms with Crippen LogP contribution < -0.4 is 5.73 Å². The summed E-state index contributed by atoms with van der Waals surface area (Å²) in [4.78, 5) is 35.4. The molecule has 0 saturated carbocycles. The Labute approximate surface area is 529 Å². The molecule has 0 aliphatic heterocycles. The minimum Gasteiger partial charge on any atom is -0.462 e. The zero-order valence-corrected chi connectivity index (χ0v) is 57.8. The third-order valence-corrected chi connectivity index (χ3v) is 18.3. The Morgan fingerprint density at radius 3 is 0.894 bits per heavy atom. The predicted molar refractivity (Wildman–Crippen MR) is 368 cm³/mol. The Morgan fingerprint density at radius 2 is 0.612 bits per heavy atom. The van der Waals surface area contributed by atoms with E-state index in [9.17, 15) is 19.0 Å². The van der Waals surface area contributed by atoms with Crippen molar-refractivity contribution in [3.63, 3.8) is 0 Å². The summed E-state index contributed by atoms with van der Waals surface area (Å²) in [5.41, 5.74) is 5.41. The topological polar surface area (TPSA) is 134 Å². The first kappa shape index (κ1) is 83.5. The largest absolute Gasteiger partial charge is 0.472 e. The highest BCUT2D eigenvalue weighted by molar-refractivity contribution is 7.47. The summed E-state index contributed by atoms with van der Waals surface area (Å²) in [7, 11) is -4.39. The average Bonchev–Trinajstić information content (AvgIpc) is 3.52. The number of hydrogen-bond acceptors (Lipinski definition) is 8. The van der Waals surface area contributed by atoms with Gasteiger partial charge >= 0.3 is 19.8 Å². The van der Waals surface area contributed by atoms with Gasteiger partial charge in [0.25, 0.3) is 0 Å². The van der Waals surface area contributed by atoms with E-state index in [0.29, 0.717) is 6.42 Å². The molecule has 0 heterocycles. The first-order chi connectivity index (χ1) is 41.8. The minimum atomic E-state index is -4.39. The fraction of sp³-hybridized carbons (Fsp3) is 0.920. The van der Waals surface area contributed by atoms with E-state index in [0.717, 1.165) is 44.9 Å². The maximum absolute atomic E-state index is 12.8. The number of phosphoric ester groups is 1. The van der Waals surface area contributed by atoms with E-state index in [4.69, 9.17) is 24.3 Å². The van der Waals surface area contributed by atoms with Crippen LogP contribution in [0.5, 0.6) is 0 Å². The summed E-state index contributed by atoms with van der Waals surface area (Å²) in [6.07, 6.45) is 88.9. The van der Waals surface area contributed by atoms with Crippen LogP contribution in [0, 0.1) is 0 Å². The van der Waals surface area contributed by atoms with Crippen LogP contribution in [-0.4, -0.2) is 49.3 Å². The average molecular weight is 1220 g/mol. The quantitative estimate of drug-likeness (QED) is 0.0264. The van der Waals surface area contributed by atoms with Crippen molar-refractivity contribution < 1.29 is 37.6 Å². The highest BCUT2D eigenvalue weighted by Crippen LogP contribution is 2.43. The third kappa shape index (κ3) is 71.4. The number of esters is 2. The maximum atomic E-state index is 12.8. The van der Waals surface area contributed by atoms with Gasteiger partial charge in [-0.2, -0.15) is 0 Å². The molecule has 0 rings (SSSR count). The zero-order chi connectivity index (χ0) is 61.6. The number of nitrogens with two attached hydrogens (primary N) is 1. The fourth-order valence-electron chi connectivity index (χ4n) is 11.7. The highest BCUT2D eigenvalue weighted by atomic mass is 31.2. The lowest BCUT2D eigenvalue weighted by Gasteiger charge is -2.19. The maximum Gasteiger partial charge on any atom is 0.472 e. The van der Waals surface area contributed by atoms with Crippen LogP contribution in [0.2, 0.25) is 0 Å². The van der Waals surface area contributed by atoms with Crippen LogP contribution in [0.4, 0.5) is 0 Å². The van der Waals surface area contributed by atoms with Crippen molar-refractivity contribution in [3.05, 3.63) is 24.3 Å². The van der Waals surface area contributed by atoms with Crippen LogP contribution in [-0.2, 0) is 32.7 Å². The van der Waals surface area contributed by atoms with E-state index >= 15 is 0 Å². The Bertz CT molecular complexity index is 1440. The summed E-state index contributed by atoms with van der Waals surface area (Å²) < 4.78 is 33.2. The van der Waals surface area contributed by atoms with Gasteiger partial charge in [0.2, 0.25) is 0 Å². The minimum absolute atomic E-state index is 0.0561. The molecule has 0 aromatic heterocycles. The summed E-state index contributed by atoms with van der Waals surface area (Å²) in [6, 6.07) is 0. The molecule has 3 N–H and O–H groups in total. The van der Waals surface area contributed by atoms with Crippen molar-refractivity contribution in [3.8, 4) is 0 Å².